The Bertz CT molecular complexity index is 1080. The molecule has 0 amide bonds. The highest BCUT2D eigenvalue weighted by atomic mass is 16.6. The van der Waals surface area contributed by atoms with E-state index in [1.165, 1.54) is 96.3 Å². The molecular weight excluding hydrogens is 576 g/mol. The third kappa shape index (κ3) is 15.6. The Hall–Kier alpha value is -2.83. The summed E-state index contributed by atoms with van der Waals surface area (Å²) in [7, 11) is 1.64. The summed E-state index contributed by atoms with van der Waals surface area (Å²) < 4.78 is 23.4. The number of aliphatic hydroxyl groups excluding tert-OH is 1. The highest BCUT2D eigenvalue weighted by Crippen LogP contribution is 2.33. The van der Waals surface area contributed by atoms with Crippen LogP contribution in [0.2, 0.25) is 0 Å². The predicted octanol–water partition coefficient (Wildman–Crippen LogP) is 9.92. The minimum atomic E-state index is -0.849. The molecule has 0 radical (unpaired) electrons. The molecule has 0 aromatic heterocycles. The standard InChI is InChI=1S/C40H60O6/c1-43-37-26-28-38(29-27-37)45-34-40(33-44-32-35-23-19-18-20-24-35)31-36(39(42)46-40)25-21-16-14-12-10-8-6-4-2-3-5-7-9-11-13-15-17-22-30-41/h18-20,23-29,41H,2-17,21-22,30-34H2,1H3/b36-25+. The van der Waals surface area contributed by atoms with Crippen molar-refractivity contribution in [1.29, 1.82) is 0 Å². The number of hydrogen-bond acceptors (Lipinski definition) is 6. The molecule has 1 unspecified atom stereocenters. The molecule has 0 bridgehead atoms. The normalized spacial score (nSPS) is 17.0. The fraction of sp³-hybridized carbons (Fsp3) is 0.625. The fourth-order valence-electron chi connectivity index (χ4n) is 6.08. The minimum Gasteiger partial charge on any atom is -0.497 e. The smallest absolute Gasteiger partial charge is 0.334 e. The molecular formula is C40H60O6. The SMILES string of the molecule is COc1ccc(OCC2(COCc3ccccc3)C/C(=C\CCCCCCCCCCCCCCCCCCCO)C(=O)O2)cc1. The van der Waals surface area contributed by atoms with Gasteiger partial charge in [-0.05, 0) is 49.1 Å². The largest absolute Gasteiger partial charge is 0.497 e. The second kappa shape index (κ2) is 23.5. The van der Waals surface area contributed by atoms with Gasteiger partial charge in [0.15, 0.2) is 5.60 Å². The molecule has 1 atom stereocenters. The van der Waals surface area contributed by atoms with E-state index in [1.807, 2.05) is 54.6 Å². The van der Waals surface area contributed by atoms with Gasteiger partial charge < -0.3 is 24.1 Å². The third-order valence-electron chi connectivity index (χ3n) is 8.87. The molecule has 3 rings (SSSR count). The lowest BCUT2D eigenvalue weighted by Gasteiger charge is -2.27. The number of hydrogen-bond donors (Lipinski definition) is 1. The number of aliphatic hydroxyl groups is 1. The van der Waals surface area contributed by atoms with Gasteiger partial charge in [-0.2, -0.15) is 0 Å². The van der Waals surface area contributed by atoms with Crippen molar-refractivity contribution in [3.05, 3.63) is 71.8 Å². The zero-order valence-corrected chi connectivity index (χ0v) is 28.5. The van der Waals surface area contributed by atoms with Crippen molar-refractivity contribution < 1.29 is 28.8 Å². The molecule has 0 saturated carbocycles. The van der Waals surface area contributed by atoms with Crippen LogP contribution >= 0.6 is 0 Å². The lowest BCUT2D eigenvalue weighted by atomic mass is 9.98. The fourth-order valence-corrected chi connectivity index (χ4v) is 6.08. The predicted molar refractivity (Wildman–Crippen MR) is 186 cm³/mol. The molecule has 1 aliphatic rings. The van der Waals surface area contributed by atoms with Crippen molar-refractivity contribution in [2.24, 2.45) is 0 Å². The first-order chi connectivity index (χ1) is 22.6. The summed E-state index contributed by atoms with van der Waals surface area (Å²) in [6.07, 6.45) is 25.4. The van der Waals surface area contributed by atoms with Crippen molar-refractivity contribution in [2.45, 2.75) is 134 Å². The molecule has 2 aromatic carbocycles. The van der Waals surface area contributed by atoms with Crippen molar-refractivity contribution in [3.8, 4) is 11.5 Å². The third-order valence-corrected chi connectivity index (χ3v) is 8.87. The number of carbonyl (C=O) groups is 1. The summed E-state index contributed by atoms with van der Waals surface area (Å²) in [5.74, 6) is 1.21. The number of ether oxygens (including phenoxy) is 4. The first kappa shape index (κ1) is 37.6. The summed E-state index contributed by atoms with van der Waals surface area (Å²) in [6.45, 7) is 1.30. The highest BCUT2D eigenvalue weighted by molar-refractivity contribution is 5.91. The molecule has 256 valence electrons. The molecule has 2 aromatic rings. The molecule has 1 aliphatic heterocycles. The average molecular weight is 637 g/mol. The molecule has 6 nitrogen and oxygen atoms in total. The number of allylic oxidation sites excluding steroid dienone is 1. The van der Waals surface area contributed by atoms with Crippen molar-refractivity contribution in [2.75, 3.05) is 26.9 Å². The van der Waals surface area contributed by atoms with Crippen molar-refractivity contribution >= 4 is 5.97 Å². The highest BCUT2D eigenvalue weighted by Gasteiger charge is 2.45. The Morgan fingerprint density at radius 3 is 1.76 bits per heavy atom. The molecule has 1 saturated heterocycles. The Labute approximate surface area is 278 Å². The van der Waals surface area contributed by atoms with Gasteiger partial charge in [-0.3, -0.25) is 0 Å². The van der Waals surface area contributed by atoms with Crippen LogP contribution in [0.25, 0.3) is 0 Å². The lowest BCUT2D eigenvalue weighted by molar-refractivity contribution is -0.156. The molecule has 1 heterocycles. The van der Waals surface area contributed by atoms with E-state index in [0.717, 1.165) is 36.1 Å². The van der Waals surface area contributed by atoms with Crippen LogP contribution in [0.15, 0.2) is 66.2 Å². The van der Waals surface area contributed by atoms with E-state index in [2.05, 4.69) is 6.08 Å². The number of unbranched alkanes of at least 4 members (excludes halogenated alkanes) is 17. The van der Waals surface area contributed by atoms with E-state index in [9.17, 15) is 4.79 Å². The first-order valence-corrected chi connectivity index (χ1v) is 18.1. The van der Waals surface area contributed by atoms with Gasteiger partial charge in [0.1, 0.15) is 18.1 Å². The van der Waals surface area contributed by atoms with Gasteiger partial charge in [0.25, 0.3) is 0 Å². The number of cyclic esters (lactones) is 1. The van der Waals surface area contributed by atoms with Crippen molar-refractivity contribution in [3.63, 3.8) is 0 Å². The molecule has 6 heteroatoms. The van der Waals surface area contributed by atoms with Gasteiger partial charge in [0, 0.05) is 18.6 Å². The van der Waals surface area contributed by atoms with Crippen LogP contribution < -0.4 is 9.47 Å². The monoisotopic (exact) mass is 636 g/mol. The lowest BCUT2D eigenvalue weighted by Crippen LogP contribution is -2.40. The molecule has 1 fully saturated rings. The van der Waals surface area contributed by atoms with Gasteiger partial charge in [-0.1, -0.05) is 133 Å². The summed E-state index contributed by atoms with van der Waals surface area (Å²) >= 11 is 0. The second-order valence-electron chi connectivity index (χ2n) is 12.9. The Kier molecular flexibility index (Phi) is 19.2. The summed E-state index contributed by atoms with van der Waals surface area (Å²) in [4.78, 5) is 12.9. The zero-order chi connectivity index (χ0) is 32.5. The Balaban J connectivity index is 1.28. The van der Waals surface area contributed by atoms with Crippen molar-refractivity contribution in [1.82, 2.24) is 0 Å². The van der Waals surface area contributed by atoms with Crippen LogP contribution in [0.3, 0.4) is 0 Å². The quantitative estimate of drug-likeness (QED) is 0.0598. The molecule has 1 N–H and O–H groups in total. The molecule has 46 heavy (non-hydrogen) atoms. The number of rotatable bonds is 27. The van der Waals surface area contributed by atoms with Crippen LogP contribution in [0.1, 0.15) is 128 Å². The topological polar surface area (TPSA) is 74.2 Å². The Morgan fingerprint density at radius 1 is 0.696 bits per heavy atom. The van der Waals surface area contributed by atoms with E-state index in [-0.39, 0.29) is 19.2 Å². The zero-order valence-electron chi connectivity index (χ0n) is 28.5. The van der Waals surface area contributed by atoms with E-state index in [1.54, 1.807) is 7.11 Å². The average Bonchev–Trinajstić information content (AvgIpc) is 3.40. The maximum absolute atomic E-state index is 12.9. The van der Waals surface area contributed by atoms with E-state index < -0.39 is 5.60 Å². The van der Waals surface area contributed by atoms with Gasteiger partial charge in [0.2, 0.25) is 0 Å². The van der Waals surface area contributed by atoms with E-state index >= 15 is 0 Å². The van der Waals surface area contributed by atoms with Gasteiger partial charge in [0.05, 0.1) is 20.3 Å². The van der Waals surface area contributed by atoms with Gasteiger partial charge in [-0.25, -0.2) is 4.79 Å². The maximum atomic E-state index is 12.9. The second-order valence-corrected chi connectivity index (χ2v) is 12.9. The van der Waals surface area contributed by atoms with Gasteiger partial charge >= 0.3 is 5.97 Å². The van der Waals surface area contributed by atoms with Crippen LogP contribution in [-0.2, 0) is 20.9 Å². The van der Waals surface area contributed by atoms with E-state index in [0.29, 0.717) is 25.4 Å². The summed E-state index contributed by atoms with van der Waals surface area (Å²) in [6, 6.07) is 17.5. The Morgan fingerprint density at radius 2 is 1.22 bits per heavy atom. The van der Waals surface area contributed by atoms with Gasteiger partial charge in [-0.15, -0.1) is 0 Å². The minimum absolute atomic E-state index is 0.226. The summed E-state index contributed by atoms with van der Waals surface area (Å²) in [5, 5.41) is 8.82. The number of benzene rings is 2. The van der Waals surface area contributed by atoms with E-state index in [4.69, 9.17) is 24.1 Å². The number of methoxy groups -OCH3 is 1. The maximum Gasteiger partial charge on any atom is 0.334 e. The molecule has 0 spiro atoms. The summed E-state index contributed by atoms with van der Waals surface area (Å²) in [5.41, 5.74) is 0.968. The number of carbonyl (C=O) groups excluding carboxylic acids is 1. The van der Waals surface area contributed by atoms with Crippen LogP contribution in [0.5, 0.6) is 11.5 Å². The first-order valence-electron chi connectivity index (χ1n) is 18.1. The number of esters is 1. The van der Waals surface area contributed by atoms with Crippen LogP contribution in [0, 0.1) is 0 Å². The molecule has 0 aliphatic carbocycles. The van der Waals surface area contributed by atoms with Crippen LogP contribution in [0.4, 0.5) is 0 Å². The van der Waals surface area contributed by atoms with Crippen LogP contribution in [-0.4, -0.2) is 43.6 Å².